The summed E-state index contributed by atoms with van der Waals surface area (Å²) in [6.45, 7) is 10.3. The molecule has 0 amide bonds. The van der Waals surface area contributed by atoms with Crippen LogP contribution in [0.3, 0.4) is 0 Å². The molecule has 2 nitrogen and oxygen atoms in total. The van der Waals surface area contributed by atoms with E-state index in [0.29, 0.717) is 5.41 Å². The van der Waals surface area contributed by atoms with Crippen molar-refractivity contribution in [3.05, 3.63) is 0 Å². The molecule has 0 spiro atoms. The Hall–Kier alpha value is -0.0800. The maximum atomic E-state index is 5.57. The normalized spacial score (nSPS) is 26.1. The van der Waals surface area contributed by atoms with E-state index >= 15 is 0 Å². The number of ether oxygens (including phenoxy) is 1. The first kappa shape index (κ1) is 13.4. The van der Waals surface area contributed by atoms with Gasteiger partial charge < -0.3 is 10.1 Å². The van der Waals surface area contributed by atoms with Crippen molar-refractivity contribution in [2.24, 2.45) is 17.3 Å². The highest BCUT2D eigenvalue weighted by atomic mass is 16.5. The minimum Gasteiger partial charge on any atom is -0.381 e. The van der Waals surface area contributed by atoms with Crippen molar-refractivity contribution in [1.82, 2.24) is 5.32 Å². The van der Waals surface area contributed by atoms with Crippen LogP contribution in [0.25, 0.3) is 0 Å². The summed E-state index contributed by atoms with van der Waals surface area (Å²) in [5.41, 5.74) is 0.505. The Labute approximate surface area is 107 Å². The summed E-state index contributed by atoms with van der Waals surface area (Å²) in [5, 5.41) is 3.77. The van der Waals surface area contributed by atoms with Crippen LogP contribution in [-0.4, -0.2) is 25.8 Å². The molecular weight excluding hydrogens is 210 g/mol. The van der Waals surface area contributed by atoms with Gasteiger partial charge in [0.1, 0.15) is 0 Å². The largest absolute Gasteiger partial charge is 0.381 e. The molecule has 2 fully saturated rings. The lowest BCUT2D eigenvalue weighted by molar-refractivity contribution is -0.0189. The fourth-order valence-corrected chi connectivity index (χ4v) is 3.21. The van der Waals surface area contributed by atoms with Gasteiger partial charge in [-0.25, -0.2) is 0 Å². The molecule has 2 heteroatoms. The molecule has 0 aromatic rings. The zero-order valence-electron chi connectivity index (χ0n) is 11.8. The Kier molecular flexibility index (Phi) is 4.48. The van der Waals surface area contributed by atoms with Gasteiger partial charge in [-0.3, -0.25) is 0 Å². The van der Waals surface area contributed by atoms with Crippen LogP contribution in [0.1, 0.15) is 52.9 Å². The van der Waals surface area contributed by atoms with Crippen LogP contribution in [0.15, 0.2) is 0 Å². The zero-order chi connectivity index (χ0) is 12.3. The zero-order valence-corrected chi connectivity index (χ0v) is 11.8. The number of rotatable bonds is 6. The Balaban J connectivity index is 1.93. The van der Waals surface area contributed by atoms with Crippen molar-refractivity contribution in [3.8, 4) is 0 Å². The van der Waals surface area contributed by atoms with Crippen LogP contribution < -0.4 is 5.32 Å². The highest BCUT2D eigenvalue weighted by molar-refractivity contribution is 4.92. The maximum Gasteiger partial charge on any atom is 0.0471 e. The lowest BCUT2D eigenvalue weighted by atomic mass is 9.68. The molecule has 0 aromatic heterocycles. The van der Waals surface area contributed by atoms with E-state index in [1.54, 1.807) is 0 Å². The molecule has 2 rings (SSSR count). The third kappa shape index (κ3) is 3.69. The van der Waals surface area contributed by atoms with Crippen molar-refractivity contribution in [3.63, 3.8) is 0 Å². The van der Waals surface area contributed by atoms with Crippen LogP contribution in [0.5, 0.6) is 0 Å². The third-order valence-corrected chi connectivity index (χ3v) is 4.68. The van der Waals surface area contributed by atoms with E-state index in [4.69, 9.17) is 4.74 Å². The lowest BCUT2D eigenvalue weighted by Gasteiger charge is -2.43. The molecule has 1 unspecified atom stereocenters. The molecule has 1 atom stereocenters. The second-order valence-corrected chi connectivity index (χ2v) is 6.66. The molecule has 100 valence electrons. The van der Waals surface area contributed by atoms with Crippen molar-refractivity contribution in [2.75, 3.05) is 19.8 Å². The lowest BCUT2D eigenvalue weighted by Crippen LogP contribution is -2.44. The van der Waals surface area contributed by atoms with E-state index in [-0.39, 0.29) is 0 Å². The van der Waals surface area contributed by atoms with Crippen LogP contribution >= 0.6 is 0 Å². The fourth-order valence-electron chi connectivity index (χ4n) is 3.21. The Morgan fingerprint density at radius 1 is 1.18 bits per heavy atom. The second-order valence-electron chi connectivity index (χ2n) is 6.66. The van der Waals surface area contributed by atoms with Crippen LogP contribution in [0.2, 0.25) is 0 Å². The van der Waals surface area contributed by atoms with Crippen molar-refractivity contribution < 1.29 is 4.74 Å². The molecule has 0 aromatic carbocycles. The maximum absolute atomic E-state index is 5.57. The highest BCUT2D eigenvalue weighted by Crippen LogP contribution is 2.41. The molecule has 1 aliphatic heterocycles. The summed E-state index contributed by atoms with van der Waals surface area (Å²) in [4.78, 5) is 0. The average molecular weight is 239 g/mol. The first-order chi connectivity index (χ1) is 8.12. The summed E-state index contributed by atoms with van der Waals surface area (Å²) in [5.74, 6) is 1.63. The van der Waals surface area contributed by atoms with E-state index < -0.39 is 0 Å². The average Bonchev–Trinajstić information content (AvgIpc) is 3.10. The molecule has 1 aliphatic carbocycles. The summed E-state index contributed by atoms with van der Waals surface area (Å²) in [6, 6.07) is 0.834. The smallest absolute Gasteiger partial charge is 0.0471 e. The Morgan fingerprint density at radius 2 is 1.82 bits per heavy atom. The molecular formula is C15H29NO. The summed E-state index contributed by atoms with van der Waals surface area (Å²) >= 11 is 0. The van der Waals surface area contributed by atoms with Gasteiger partial charge in [0, 0.05) is 25.8 Å². The molecule has 0 radical (unpaired) electrons. The number of nitrogens with one attached hydrogen (secondary N) is 1. The predicted molar refractivity (Wildman–Crippen MR) is 72.1 cm³/mol. The van der Waals surface area contributed by atoms with Crippen LogP contribution in [0.4, 0.5) is 0 Å². The molecule has 1 heterocycles. The molecule has 17 heavy (non-hydrogen) atoms. The predicted octanol–water partition coefficient (Wildman–Crippen LogP) is 3.22. The highest BCUT2D eigenvalue weighted by Gasteiger charge is 2.39. The SMILES string of the molecule is CC(C)CC(C)C1(CNC2CC2)CCOCC1. The molecule has 2 aliphatic rings. The standard InChI is InChI=1S/C15H29NO/c1-12(2)10-13(3)15(6-8-17-9-7-15)11-16-14-4-5-14/h12-14,16H,4-11H2,1-3H3. The van der Waals surface area contributed by atoms with Gasteiger partial charge in [-0.2, -0.15) is 0 Å². The van der Waals surface area contributed by atoms with Gasteiger partial charge in [-0.15, -0.1) is 0 Å². The van der Waals surface area contributed by atoms with Crippen LogP contribution in [0, 0.1) is 17.3 Å². The Morgan fingerprint density at radius 3 is 2.35 bits per heavy atom. The second kappa shape index (κ2) is 5.71. The van der Waals surface area contributed by atoms with Crippen LogP contribution in [-0.2, 0) is 4.74 Å². The Bertz CT molecular complexity index is 229. The van der Waals surface area contributed by atoms with Gasteiger partial charge >= 0.3 is 0 Å². The van der Waals surface area contributed by atoms with Crippen molar-refractivity contribution in [2.45, 2.75) is 58.9 Å². The minimum atomic E-state index is 0.505. The molecule has 1 saturated heterocycles. The quantitative estimate of drug-likeness (QED) is 0.768. The molecule has 1 N–H and O–H groups in total. The minimum absolute atomic E-state index is 0.505. The fraction of sp³-hybridized carbons (Fsp3) is 1.00. The van der Waals surface area contributed by atoms with E-state index in [1.165, 1.54) is 38.6 Å². The van der Waals surface area contributed by atoms with E-state index in [1.807, 2.05) is 0 Å². The van der Waals surface area contributed by atoms with Crippen molar-refractivity contribution >= 4 is 0 Å². The van der Waals surface area contributed by atoms with Gasteiger partial charge in [-0.1, -0.05) is 20.8 Å². The van der Waals surface area contributed by atoms with E-state index in [2.05, 4.69) is 26.1 Å². The summed E-state index contributed by atoms with van der Waals surface area (Å²) in [6.07, 6.45) is 6.64. The van der Waals surface area contributed by atoms with Gasteiger partial charge in [-0.05, 0) is 49.4 Å². The van der Waals surface area contributed by atoms with E-state index in [9.17, 15) is 0 Å². The van der Waals surface area contributed by atoms with Gasteiger partial charge in [0.2, 0.25) is 0 Å². The summed E-state index contributed by atoms with van der Waals surface area (Å²) < 4.78 is 5.57. The van der Waals surface area contributed by atoms with Crippen molar-refractivity contribution in [1.29, 1.82) is 0 Å². The first-order valence-electron chi connectivity index (χ1n) is 7.43. The molecule has 1 saturated carbocycles. The summed E-state index contributed by atoms with van der Waals surface area (Å²) in [7, 11) is 0. The number of hydrogen-bond acceptors (Lipinski definition) is 2. The number of hydrogen-bond donors (Lipinski definition) is 1. The van der Waals surface area contributed by atoms with Gasteiger partial charge in [0.05, 0.1) is 0 Å². The molecule has 0 bridgehead atoms. The first-order valence-corrected chi connectivity index (χ1v) is 7.43. The topological polar surface area (TPSA) is 21.3 Å². The van der Waals surface area contributed by atoms with Gasteiger partial charge in [0.15, 0.2) is 0 Å². The third-order valence-electron chi connectivity index (χ3n) is 4.68. The van der Waals surface area contributed by atoms with E-state index in [0.717, 1.165) is 31.1 Å². The van der Waals surface area contributed by atoms with Gasteiger partial charge in [0.25, 0.3) is 0 Å². The monoisotopic (exact) mass is 239 g/mol.